The van der Waals surface area contributed by atoms with E-state index in [0.717, 1.165) is 40.7 Å². The summed E-state index contributed by atoms with van der Waals surface area (Å²) < 4.78 is 7.62. The van der Waals surface area contributed by atoms with Crippen molar-refractivity contribution < 1.29 is 4.52 Å². The molecule has 0 fully saturated rings. The van der Waals surface area contributed by atoms with Crippen LogP contribution in [-0.2, 0) is 6.54 Å². The molecule has 0 saturated carbocycles. The van der Waals surface area contributed by atoms with Crippen LogP contribution in [0, 0.1) is 6.92 Å². The van der Waals surface area contributed by atoms with Gasteiger partial charge < -0.3 is 9.09 Å². The number of aryl methyl sites for hydroxylation is 2. The molecule has 0 amide bonds. The highest BCUT2D eigenvalue weighted by molar-refractivity contribution is 5.80. The smallest absolute Gasteiger partial charge is 0.258 e. The minimum atomic E-state index is 0.541. The molecule has 0 aliphatic heterocycles. The van der Waals surface area contributed by atoms with Crippen LogP contribution in [0.15, 0.2) is 53.3 Å². The molecule has 0 unspecified atom stereocenters. The van der Waals surface area contributed by atoms with Crippen LogP contribution in [0.1, 0.15) is 18.9 Å². The maximum absolute atomic E-state index is 5.46. The predicted octanol–water partition coefficient (Wildman–Crippen LogP) is 4.47. The monoisotopic (exact) mass is 318 g/mol. The Labute approximate surface area is 140 Å². The van der Waals surface area contributed by atoms with Crippen LogP contribution in [0.4, 0.5) is 0 Å². The van der Waals surface area contributed by atoms with Gasteiger partial charge in [-0.05, 0) is 43.2 Å². The van der Waals surface area contributed by atoms with Gasteiger partial charge in [0, 0.05) is 17.7 Å². The molecule has 2 heterocycles. The van der Waals surface area contributed by atoms with Crippen molar-refractivity contribution in [2.45, 2.75) is 26.8 Å². The first-order valence-electron chi connectivity index (χ1n) is 8.11. The van der Waals surface area contributed by atoms with Crippen LogP contribution in [-0.4, -0.2) is 19.7 Å². The fourth-order valence-corrected chi connectivity index (χ4v) is 2.88. The summed E-state index contributed by atoms with van der Waals surface area (Å²) in [5, 5.41) is 4.13. The maximum atomic E-state index is 5.46. The maximum Gasteiger partial charge on any atom is 0.258 e. The number of imidazole rings is 1. The number of nitrogens with zero attached hydrogens (tertiary/aromatic N) is 4. The van der Waals surface area contributed by atoms with Gasteiger partial charge in [-0.25, -0.2) is 4.98 Å². The zero-order valence-corrected chi connectivity index (χ0v) is 13.7. The van der Waals surface area contributed by atoms with Gasteiger partial charge in [0.05, 0.1) is 17.4 Å². The van der Waals surface area contributed by atoms with Crippen LogP contribution >= 0.6 is 0 Å². The molecule has 0 spiro atoms. The van der Waals surface area contributed by atoms with Gasteiger partial charge in [0.25, 0.3) is 5.89 Å². The molecular formula is C19H18N4O. The summed E-state index contributed by atoms with van der Waals surface area (Å²) in [4.78, 5) is 9.03. The Hall–Kier alpha value is -2.95. The molecule has 2 aromatic heterocycles. The third-order valence-corrected chi connectivity index (χ3v) is 4.15. The predicted molar refractivity (Wildman–Crippen MR) is 93.5 cm³/mol. The minimum Gasteiger partial charge on any atom is -0.334 e. The van der Waals surface area contributed by atoms with Gasteiger partial charge in [-0.3, -0.25) is 0 Å². The highest BCUT2D eigenvalue weighted by atomic mass is 16.5. The van der Waals surface area contributed by atoms with E-state index < -0.39 is 0 Å². The van der Waals surface area contributed by atoms with E-state index in [9.17, 15) is 0 Å². The van der Waals surface area contributed by atoms with E-state index in [1.54, 1.807) is 0 Å². The van der Waals surface area contributed by atoms with Crippen molar-refractivity contribution in [1.29, 1.82) is 0 Å². The van der Waals surface area contributed by atoms with Gasteiger partial charge in [-0.2, -0.15) is 4.98 Å². The summed E-state index contributed by atoms with van der Waals surface area (Å²) in [6.45, 7) is 5.16. The fourth-order valence-electron chi connectivity index (χ4n) is 2.88. The first kappa shape index (κ1) is 14.6. The van der Waals surface area contributed by atoms with Crippen LogP contribution in [0.25, 0.3) is 33.9 Å². The molecule has 0 aliphatic rings. The number of aromatic nitrogens is 4. The van der Waals surface area contributed by atoms with Crippen molar-refractivity contribution in [3.05, 3.63) is 54.4 Å². The van der Waals surface area contributed by atoms with Crippen molar-refractivity contribution in [3.8, 4) is 22.8 Å². The molecule has 0 radical (unpaired) electrons. The summed E-state index contributed by atoms with van der Waals surface area (Å²) in [6, 6.07) is 14.1. The summed E-state index contributed by atoms with van der Waals surface area (Å²) in [5.74, 6) is 1.12. The van der Waals surface area contributed by atoms with Gasteiger partial charge in [0.2, 0.25) is 5.82 Å². The Bertz CT molecular complexity index is 999. The number of rotatable bonds is 4. The van der Waals surface area contributed by atoms with Crippen molar-refractivity contribution >= 4 is 11.0 Å². The standard InChI is InChI=1S/C19H18N4O/c1-3-10-23-12-20-16-11-14(8-9-17(16)23)18-21-19(24-22-18)15-7-5-4-6-13(15)2/h4-9,11-12H,3,10H2,1-2H3. The van der Waals surface area contributed by atoms with E-state index in [1.807, 2.05) is 49.6 Å². The average Bonchev–Trinajstić information content (AvgIpc) is 3.23. The quantitative estimate of drug-likeness (QED) is 0.557. The average molecular weight is 318 g/mol. The van der Waals surface area contributed by atoms with E-state index in [4.69, 9.17) is 4.52 Å². The highest BCUT2D eigenvalue weighted by Gasteiger charge is 2.13. The van der Waals surface area contributed by atoms with Gasteiger partial charge in [0.15, 0.2) is 0 Å². The van der Waals surface area contributed by atoms with Gasteiger partial charge in [-0.15, -0.1) is 0 Å². The second kappa shape index (κ2) is 5.92. The second-order valence-electron chi connectivity index (χ2n) is 5.88. The Balaban J connectivity index is 1.72. The molecule has 0 N–H and O–H groups in total. The minimum absolute atomic E-state index is 0.541. The molecule has 24 heavy (non-hydrogen) atoms. The van der Waals surface area contributed by atoms with E-state index in [-0.39, 0.29) is 0 Å². The Morgan fingerprint density at radius 1 is 1.12 bits per heavy atom. The lowest BCUT2D eigenvalue weighted by Gasteiger charge is -2.01. The van der Waals surface area contributed by atoms with Crippen LogP contribution in [0.3, 0.4) is 0 Å². The second-order valence-corrected chi connectivity index (χ2v) is 5.88. The Morgan fingerprint density at radius 2 is 2.00 bits per heavy atom. The van der Waals surface area contributed by atoms with Gasteiger partial charge >= 0.3 is 0 Å². The number of fused-ring (bicyclic) bond motifs is 1. The summed E-state index contributed by atoms with van der Waals surface area (Å²) in [5.41, 5.74) is 5.06. The first-order chi connectivity index (χ1) is 11.8. The topological polar surface area (TPSA) is 56.7 Å². The van der Waals surface area contributed by atoms with Gasteiger partial charge in [-0.1, -0.05) is 30.3 Å². The van der Waals surface area contributed by atoms with Crippen LogP contribution < -0.4 is 0 Å². The van der Waals surface area contributed by atoms with Crippen molar-refractivity contribution in [2.75, 3.05) is 0 Å². The molecule has 4 rings (SSSR count). The molecule has 0 atom stereocenters. The van der Waals surface area contributed by atoms with Crippen molar-refractivity contribution in [3.63, 3.8) is 0 Å². The van der Waals surface area contributed by atoms with Crippen molar-refractivity contribution in [1.82, 2.24) is 19.7 Å². The van der Waals surface area contributed by atoms with Gasteiger partial charge in [0.1, 0.15) is 0 Å². The van der Waals surface area contributed by atoms with Crippen LogP contribution in [0.2, 0.25) is 0 Å². The molecular weight excluding hydrogens is 300 g/mol. The molecule has 5 heteroatoms. The lowest BCUT2D eigenvalue weighted by Crippen LogP contribution is -1.93. The summed E-state index contributed by atoms with van der Waals surface area (Å²) >= 11 is 0. The van der Waals surface area contributed by atoms with E-state index >= 15 is 0 Å². The normalized spacial score (nSPS) is 11.2. The third-order valence-electron chi connectivity index (χ3n) is 4.15. The van der Waals surface area contributed by atoms with E-state index in [1.165, 1.54) is 0 Å². The van der Waals surface area contributed by atoms with Crippen LogP contribution in [0.5, 0.6) is 0 Å². The summed E-state index contributed by atoms with van der Waals surface area (Å²) in [7, 11) is 0. The zero-order valence-electron chi connectivity index (χ0n) is 13.7. The number of benzene rings is 2. The largest absolute Gasteiger partial charge is 0.334 e. The SMILES string of the molecule is CCCn1cnc2cc(-c3noc(-c4ccccc4C)n3)ccc21. The molecule has 2 aromatic carbocycles. The summed E-state index contributed by atoms with van der Waals surface area (Å²) in [6.07, 6.45) is 2.96. The number of hydrogen-bond donors (Lipinski definition) is 0. The molecule has 0 saturated heterocycles. The first-order valence-corrected chi connectivity index (χ1v) is 8.11. The van der Waals surface area contributed by atoms with E-state index in [2.05, 4.69) is 32.7 Å². The Morgan fingerprint density at radius 3 is 2.83 bits per heavy atom. The molecule has 120 valence electrons. The lowest BCUT2D eigenvalue weighted by atomic mass is 10.1. The molecule has 0 bridgehead atoms. The third kappa shape index (κ3) is 2.48. The number of hydrogen-bond acceptors (Lipinski definition) is 4. The Kier molecular flexibility index (Phi) is 3.61. The highest BCUT2D eigenvalue weighted by Crippen LogP contribution is 2.26. The molecule has 4 aromatic rings. The fraction of sp³-hybridized carbons (Fsp3) is 0.211. The zero-order chi connectivity index (χ0) is 16.5. The molecule has 5 nitrogen and oxygen atoms in total. The van der Waals surface area contributed by atoms with Crippen molar-refractivity contribution in [2.24, 2.45) is 0 Å². The van der Waals surface area contributed by atoms with E-state index in [0.29, 0.717) is 11.7 Å². The molecule has 0 aliphatic carbocycles. The lowest BCUT2D eigenvalue weighted by molar-refractivity contribution is 0.432.